The largest absolute Gasteiger partial charge is 0.463 e. The Morgan fingerprint density at radius 3 is 0.922 bits per heavy atom. The summed E-state index contributed by atoms with van der Waals surface area (Å²) in [4.78, 5) is 170. The van der Waals surface area contributed by atoms with Gasteiger partial charge < -0.3 is 147 Å². The molecule has 0 spiro atoms. The summed E-state index contributed by atoms with van der Waals surface area (Å²) in [5.74, 6) is -8.05. The topological polar surface area (TPSA) is 549 Å². The summed E-state index contributed by atoms with van der Waals surface area (Å²) in [5.41, 5.74) is 5.40. The molecule has 3 saturated heterocycles. The van der Waals surface area contributed by atoms with Crippen molar-refractivity contribution in [2.45, 2.75) is 193 Å². The van der Waals surface area contributed by atoms with Crippen LogP contribution in [0, 0.1) is 0 Å². The lowest BCUT2D eigenvalue weighted by Crippen LogP contribution is -2.66. The Kier molecular flexibility index (Phi) is 50.9. The van der Waals surface area contributed by atoms with Crippen LogP contribution in [0.1, 0.15) is 102 Å². The van der Waals surface area contributed by atoms with E-state index in [4.69, 9.17) is 115 Å². The van der Waals surface area contributed by atoms with Crippen molar-refractivity contribution in [3.63, 3.8) is 0 Å². The molecule has 0 radical (unpaired) electrons. The van der Waals surface area contributed by atoms with Gasteiger partial charge in [0.05, 0.1) is 150 Å². The van der Waals surface area contributed by atoms with E-state index in [1.54, 1.807) is 0 Å². The molecule has 14 atom stereocenters. The van der Waals surface area contributed by atoms with Crippen molar-refractivity contribution in [3.05, 3.63) is 0 Å². The molecule has 3 rings (SSSR count). The minimum Gasteiger partial charge on any atom is -0.463 e. The number of hydrogen-bond donors (Lipinski definition) is 7. The second-order valence-electron chi connectivity index (χ2n) is 26.1. The molecule has 658 valence electrons. The molecule has 14 unspecified atom stereocenters. The van der Waals surface area contributed by atoms with Crippen molar-refractivity contribution >= 4 is 83.2 Å². The van der Waals surface area contributed by atoms with Gasteiger partial charge in [-0.1, -0.05) is 0 Å². The average molecular weight is 1660 g/mol. The SMILES string of the molecule is CC(=O)NC1C(OC(C)=O)CC(COC(C)=O)OC1OCCOCCOCCNC(=O)CCOCC(N)(COCCC(=O)NCCOCCOCCOC1OC(COC(C)=O)C(OC(C)=O)C(OC(C)=O)C1NC(C)=O)COCCC(=O)NCCOCCOCCOC1OC(COC(C)=O)C(OC(C)=O)C(OC(C)=O)C1NC(C)=O. The van der Waals surface area contributed by atoms with Gasteiger partial charge >= 0.3 is 47.8 Å². The van der Waals surface area contributed by atoms with Crippen molar-refractivity contribution in [2.75, 3.05) is 178 Å². The van der Waals surface area contributed by atoms with E-state index in [-0.39, 0.29) is 208 Å². The summed E-state index contributed by atoms with van der Waals surface area (Å²) in [6.07, 6.45) is -12.6. The van der Waals surface area contributed by atoms with Crippen molar-refractivity contribution in [2.24, 2.45) is 5.73 Å². The van der Waals surface area contributed by atoms with E-state index in [1.807, 2.05) is 0 Å². The lowest BCUT2D eigenvalue weighted by molar-refractivity contribution is -0.279. The lowest BCUT2D eigenvalue weighted by atomic mass is 9.96. The molecule has 6 amide bonds. The third-order valence-electron chi connectivity index (χ3n) is 15.8. The van der Waals surface area contributed by atoms with E-state index in [2.05, 4.69) is 31.9 Å². The minimum absolute atomic E-state index is 0.00627. The van der Waals surface area contributed by atoms with Crippen LogP contribution in [0.5, 0.6) is 0 Å². The number of hydrogen-bond acceptors (Lipinski definition) is 38. The highest BCUT2D eigenvalue weighted by Gasteiger charge is 2.53. The summed E-state index contributed by atoms with van der Waals surface area (Å²) in [6.45, 7) is 12.9. The zero-order chi connectivity index (χ0) is 85.1. The number of ether oxygens (including phenoxy) is 23. The van der Waals surface area contributed by atoms with Gasteiger partial charge in [0.25, 0.3) is 0 Å². The van der Waals surface area contributed by atoms with E-state index >= 15 is 0 Å². The number of carbonyl (C=O) groups excluding carboxylic acids is 14. The van der Waals surface area contributed by atoms with E-state index in [0.717, 1.165) is 41.5 Å². The molecule has 0 aromatic carbocycles. The first-order valence-corrected chi connectivity index (χ1v) is 37.4. The zero-order valence-electron chi connectivity index (χ0n) is 67.2. The molecule has 44 nitrogen and oxygen atoms in total. The van der Waals surface area contributed by atoms with Crippen LogP contribution in [0.2, 0.25) is 0 Å². The predicted octanol–water partition coefficient (Wildman–Crippen LogP) is -4.17. The number of carbonyl (C=O) groups is 14. The van der Waals surface area contributed by atoms with Gasteiger partial charge in [-0.2, -0.15) is 0 Å². The van der Waals surface area contributed by atoms with Crippen LogP contribution in [-0.2, 0) is 176 Å². The fraction of sp³-hybridized carbons (Fsp3) is 0.803. The van der Waals surface area contributed by atoms with Gasteiger partial charge in [0.2, 0.25) is 35.4 Å². The Bertz CT molecular complexity index is 2860. The molecular formula is C71H117N7O37. The van der Waals surface area contributed by atoms with Crippen LogP contribution in [-0.4, -0.2) is 353 Å². The number of nitrogens with two attached hydrogens (primary N) is 1. The Morgan fingerprint density at radius 2 is 0.609 bits per heavy atom. The maximum absolute atomic E-state index is 12.8. The summed E-state index contributed by atoms with van der Waals surface area (Å²) in [7, 11) is 0. The predicted molar refractivity (Wildman–Crippen MR) is 386 cm³/mol. The number of rotatable bonds is 59. The normalized spacial score (nSPS) is 22.9. The van der Waals surface area contributed by atoms with E-state index < -0.39 is 170 Å². The van der Waals surface area contributed by atoms with E-state index in [9.17, 15) is 67.1 Å². The summed E-state index contributed by atoms with van der Waals surface area (Å²) in [5, 5.41) is 16.1. The van der Waals surface area contributed by atoms with Gasteiger partial charge in [-0.15, -0.1) is 0 Å². The molecule has 0 aromatic heterocycles. The van der Waals surface area contributed by atoms with Crippen molar-refractivity contribution in [1.82, 2.24) is 31.9 Å². The smallest absolute Gasteiger partial charge is 0.303 e. The molecule has 3 aliphatic rings. The molecule has 0 aromatic rings. The van der Waals surface area contributed by atoms with Crippen molar-refractivity contribution in [1.29, 1.82) is 0 Å². The summed E-state index contributed by atoms with van der Waals surface area (Å²) >= 11 is 0. The molecule has 3 fully saturated rings. The van der Waals surface area contributed by atoms with Gasteiger partial charge in [0.1, 0.15) is 56.3 Å². The zero-order valence-corrected chi connectivity index (χ0v) is 67.2. The van der Waals surface area contributed by atoms with Crippen LogP contribution in [0.25, 0.3) is 0 Å². The highest BCUT2D eigenvalue weighted by molar-refractivity contribution is 5.77. The second-order valence-corrected chi connectivity index (χ2v) is 26.1. The van der Waals surface area contributed by atoms with E-state index in [0.29, 0.717) is 0 Å². The Hall–Kier alpha value is -8.06. The minimum atomic E-state index is -1.32. The van der Waals surface area contributed by atoms with E-state index in [1.165, 1.54) is 34.6 Å². The fourth-order valence-electron chi connectivity index (χ4n) is 11.1. The Morgan fingerprint density at radius 1 is 0.322 bits per heavy atom. The Balaban J connectivity index is 1.43. The summed E-state index contributed by atoms with van der Waals surface area (Å²) in [6, 6.07) is -3.16. The third kappa shape index (κ3) is 45.9. The first-order chi connectivity index (χ1) is 54.7. The molecule has 115 heavy (non-hydrogen) atoms. The van der Waals surface area contributed by atoms with Crippen LogP contribution in [0.4, 0.5) is 0 Å². The van der Waals surface area contributed by atoms with Crippen molar-refractivity contribution in [3.8, 4) is 0 Å². The molecule has 0 saturated carbocycles. The van der Waals surface area contributed by atoms with Gasteiger partial charge in [-0.3, -0.25) is 67.1 Å². The van der Waals surface area contributed by atoms with Gasteiger partial charge in [-0.05, 0) is 0 Å². The second kappa shape index (κ2) is 57.9. The van der Waals surface area contributed by atoms with Crippen LogP contribution < -0.4 is 37.6 Å². The fourth-order valence-corrected chi connectivity index (χ4v) is 11.1. The quantitative estimate of drug-likeness (QED) is 0.0173. The Labute approximate surface area is 666 Å². The first kappa shape index (κ1) is 101. The van der Waals surface area contributed by atoms with Gasteiger partial charge in [0.15, 0.2) is 43.3 Å². The maximum Gasteiger partial charge on any atom is 0.303 e. The summed E-state index contributed by atoms with van der Waals surface area (Å²) < 4.78 is 129. The number of esters is 8. The standard InChI is InChI=1S/C71H117N7O37/c1-43(79)76-61-55(108-49(7)85)36-54(37-105-46(4)82)113-68(61)102-33-30-96-27-24-93-21-15-73-58(90)12-18-99-40-71(72,41-100-19-13-59(91)74-16-22-94-25-28-97-31-34-103-69-62(77-44(2)80)66(111-52(10)88)64(109-50(8)86)56(114-69)38-106-47(5)83)42-101-20-14-60(92)75-17-23-95-26-29-98-32-35-104-70-63(78-45(3)81)67(112-53(11)89)65(110-51(9)87)57(115-70)39-107-48(6)84/h54-57,61-70H,12-42,72H2,1-11H3,(H,73,90)(H,74,91)(H,75,92)(H,76,79)(H,77,80)(H,78,81). The van der Waals surface area contributed by atoms with Crippen molar-refractivity contribution < 1.29 is 176 Å². The molecule has 0 bridgehead atoms. The lowest BCUT2D eigenvalue weighted by Gasteiger charge is -2.44. The molecule has 3 heterocycles. The highest BCUT2D eigenvalue weighted by atomic mass is 16.7. The maximum atomic E-state index is 12.8. The highest BCUT2D eigenvalue weighted by Crippen LogP contribution is 2.31. The van der Waals surface area contributed by atoms with Crippen LogP contribution in [0.15, 0.2) is 0 Å². The third-order valence-corrected chi connectivity index (χ3v) is 15.8. The first-order valence-electron chi connectivity index (χ1n) is 37.4. The number of nitrogens with one attached hydrogen (secondary N) is 6. The number of amides is 6. The molecule has 3 aliphatic heterocycles. The monoisotopic (exact) mass is 1660 g/mol. The van der Waals surface area contributed by atoms with Gasteiger partial charge in [0, 0.05) is 121 Å². The van der Waals surface area contributed by atoms with Crippen LogP contribution >= 0.6 is 0 Å². The van der Waals surface area contributed by atoms with Crippen LogP contribution in [0.3, 0.4) is 0 Å². The average Bonchev–Trinajstić information content (AvgIpc) is 0.796. The molecule has 0 aliphatic carbocycles. The van der Waals surface area contributed by atoms with Gasteiger partial charge in [-0.25, -0.2) is 0 Å². The molecular weight excluding hydrogens is 1540 g/mol. The molecule has 8 N–H and O–H groups in total. The molecule has 44 heteroatoms.